The van der Waals surface area contributed by atoms with Gasteiger partial charge < -0.3 is 5.73 Å². The number of nitro benzene ring substituents is 2. The van der Waals surface area contributed by atoms with Gasteiger partial charge >= 0.3 is 0 Å². The second-order valence-electron chi connectivity index (χ2n) is 12.8. The molecule has 0 amide bonds. The number of halogens is 2. The molecule has 0 aliphatic carbocycles. The summed E-state index contributed by atoms with van der Waals surface area (Å²) < 4.78 is 0. The summed E-state index contributed by atoms with van der Waals surface area (Å²) in [5.74, 6) is 0. The highest BCUT2D eigenvalue weighted by molar-refractivity contribution is 6.30. The number of aromatic nitrogens is 4. The van der Waals surface area contributed by atoms with E-state index in [1.807, 2.05) is 75.4 Å². The third kappa shape index (κ3) is 9.63. The van der Waals surface area contributed by atoms with Gasteiger partial charge in [-0.05, 0) is 126 Å². The lowest BCUT2D eigenvalue weighted by Gasteiger charge is -2.04. The number of hydrogen-bond donors (Lipinski definition) is 1. The van der Waals surface area contributed by atoms with Crippen LogP contribution in [0.25, 0.3) is 43.6 Å². The lowest BCUT2D eigenvalue weighted by atomic mass is 10.1. The van der Waals surface area contributed by atoms with E-state index in [-0.39, 0.29) is 16.3 Å². The topological polar surface area (TPSA) is 164 Å². The summed E-state index contributed by atoms with van der Waals surface area (Å²) in [5.41, 5.74) is 15.7. The number of nitrogen functional groups attached to an aromatic ring is 1. The van der Waals surface area contributed by atoms with Crippen molar-refractivity contribution < 1.29 is 9.85 Å². The quantitative estimate of drug-likeness (QED) is 0.0778. The fourth-order valence-electron chi connectivity index (χ4n) is 5.81. The van der Waals surface area contributed by atoms with Crippen LogP contribution in [0.5, 0.6) is 0 Å². The Balaban J connectivity index is 0.000000141. The molecule has 0 saturated heterocycles. The van der Waals surface area contributed by atoms with Crippen LogP contribution < -0.4 is 5.73 Å². The Morgan fingerprint density at radius 1 is 0.491 bits per heavy atom. The maximum absolute atomic E-state index is 10.9. The predicted octanol–water partition coefficient (Wildman–Crippen LogP) is 11.5. The number of hydrogen-bond acceptors (Lipinski definition) is 9. The van der Waals surface area contributed by atoms with Gasteiger partial charge in [0.1, 0.15) is 10.3 Å². The lowest BCUT2D eigenvalue weighted by molar-refractivity contribution is -0.383. The number of fused-ring (bicyclic) bond motifs is 4. The fourth-order valence-corrected chi connectivity index (χ4v) is 6.12. The molecule has 0 bridgehead atoms. The molecule has 55 heavy (non-hydrogen) atoms. The van der Waals surface area contributed by atoms with Crippen LogP contribution in [-0.2, 0) is 0 Å². The largest absolute Gasteiger partial charge is 0.398 e. The predicted molar refractivity (Wildman–Crippen MR) is 223 cm³/mol. The van der Waals surface area contributed by atoms with Crippen molar-refractivity contribution in [2.75, 3.05) is 5.73 Å². The average molecular weight is 775 g/mol. The Bertz CT molecular complexity index is 2600. The van der Waals surface area contributed by atoms with Gasteiger partial charge in [0.05, 0.1) is 42.7 Å². The molecule has 0 aliphatic heterocycles. The first-order chi connectivity index (χ1) is 26.1. The normalized spacial score (nSPS) is 10.5. The Morgan fingerprint density at radius 3 is 1.45 bits per heavy atom. The number of benzene rings is 4. The summed E-state index contributed by atoms with van der Waals surface area (Å²) in [6, 6.07) is 31.6. The molecule has 8 aromatic rings. The van der Waals surface area contributed by atoms with Gasteiger partial charge in [-0.15, -0.1) is 0 Å². The summed E-state index contributed by atoms with van der Waals surface area (Å²) in [6.07, 6.45) is 0. The maximum Gasteiger partial charge on any atom is 0.281 e. The Labute approximate surface area is 327 Å². The molecule has 278 valence electrons. The van der Waals surface area contributed by atoms with Crippen molar-refractivity contribution in [3.05, 3.63) is 167 Å². The molecule has 4 aromatic carbocycles. The molecule has 0 aliphatic rings. The number of nitro groups is 2. The molecule has 4 aromatic heterocycles. The van der Waals surface area contributed by atoms with Crippen molar-refractivity contribution in [2.24, 2.45) is 0 Å². The highest BCUT2D eigenvalue weighted by atomic mass is 35.5. The standard InChI is InChI=1S/C11H10N2O2.C11H12N2.C10H7ClN2O2.C10H8ClN/c1-7-3-6-10-9(11(7)13(14)15)5-4-8(2)12-10;1-7-3-6-10-9(11(7)12)5-4-8(2)13-10;1-6-2-4-8-7(10(6)13(14)15)3-5-9(11)12-8;1-7-2-4-9-8(6-7)3-5-10(11)12-9/h3-6H,1-2H3;3-6H,12H2,1-2H3;2-5H,1H3;2-6H,1H3. The van der Waals surface area contributed by atoms with Crippen molar-refractivity contribution in [3.63, 3.8) is 0 Å². The Morgan fingerprint density at radius 2 is 0.909 bits per heavy atom. The molecule has 0 spiro atoms. The molecule has 2 N–H and O–H groups in total. The van der Waals surface area contributed by atoms with Crippen molar-refractivity contribution in [2.45, 2.75) is 41.5 Å². The van der Waals surface area contributed by atoms with E-state index in [0.29, 0.717) is 43.2 Å². The van der Waals surface area contributed by atoms with Gasteiger partial charge in [0.25, 0.3) is 11.4 Å². The van der Waals surface area contributed by atoms with Gasteiger partial charge in [-0.2, -0.15) is 0 Å². The molecule has 0 fully saturated rings. The zero-order valence-corrected chi connectivity index (χ0v) is 32.5. The van der Waals surface area contributed by atoms with Gasteiger partial charge in [0, 0.05) is 39.0 Å². The van der Waals surface area contributed by atoms with E-state index in [2.05, 4.69) is 32.9 Å². The van der Waals surface area contributed by atoms with Gasteiger partial charge in [-0.3, -0.25) is 30.2 Å². The van der Waals surface area contributed by atoms with Crippen LogP contribution in [0.2, 0.25) is 10.3 Å². The first-order valence-corrected chi connectivity index (χ1v) is 17.8. The van der Waals surface area contributed by atoms with Crippen molar-refractivity contribution >= 4 is 83.9 Å². The monoisotopic (exact) mass is 773 g/mol. The Hall–Kier alpha value is -6.30. The van der Waals surface area contributed by atoms with E-state index in [1.165, 1.54) is 5.56 Å². The third-order valence-corrected chi connectivity index (χ3v) is 9.06. The number of rotatable bonds is 2. The first kappa shape index (κ1) is 39.9. The van der Waals surface area contributed by atoms with Crippen LogP contribution in [-0.4, -0.2) is 29.8 Å². The molecular weight excluding hydrogens is 737 g/mol. The second-order valence-corrected chi connectivity index (χ2v) is 13.6. The van der Waals surface area contributed by atoms with Crippen LogP contribution in [0, 0.1) is 61.8 Å². The third-order valence-electron chi connectivity index (χ3n) is 8.64. The fraction of sp³-hybridized carbons (Fsp3) is 0.143. The van der Waals surface area contributed by atoms with Crippen molar-refractivity contribution in [1.29, 1.82) is 0 Å². The van der Waals surface area contributed by atoms with E-state index < -0.39 is 4.92 Å². The van der Waals surface area contributed by atoms with Gasteiger partial charge in [0.2, 0.25) is 0 Å². The highest BCUT2D eigenvalue weighted by Crippen LogP contribution is 2.30. The SMILES string of the molecule is Cc1ccc2c(N)c(C)ccc2n1.Cc1ccc2c([N+](=O)[O-])c(C)ccc2n1.Cc1ccc2nc(Cl)ccc2c1.Cc1ccc2nc(Cl)ccc2c1[N+](=O)[O-]. The second kappa shape index (κ2) is 17.2. The zero-order chi connectivity index (χ0) is 40.0. The van der Waals surface area contributed by atoms with E-state index in [0.717, 1.165) is 44.4 Å². The van der Waals surface area contributed by atoms with E-state index >= 15 is 0 Å². The molecule has 0 saturated carbocycles. The van der Waals surface area contributed by atoms with Crippen molar-refractivity contribution in [1.82, 2.24) is 19.9 Å². The molecule has 0 atom stereocenters. The van der Waals surface area contributed by atoms with Crippen LogP contribution in [0.15, 0.2) is 103 Å². The molecule has 0 radical (unpaired) electrons. The minimum Gasteiger partial charge on any atom is -0.398 e. The minimum absolute atomic E-state index is 0.0941. The maximum atomic E-state index is 10.9. The lowest BCUT2D eigenvalue weighted by Crippen LogP contribution is -1.94. The summed E-state index contributed by atoms with van der Waals surface area (Å²) in [7, 11) is 0. The molecule has 4 heterocycles. The number of nitrogens with two attached hydrogens (primary N) is 1. The number of aryl methyl sites for hydroxylation is 6. The summed E-state index contributed by atoms with van der Waals surface area (Å²) >= 11 is 11.5. The molecular formula is C42H37Cl2N7O4. The summed E-state index contributed by atoms with van der Waals surface area (Å²) in [6.45, 7) is 11.4. The average Bonchev–Trinajstić information content (AvgIpc) is 3.14. The summed E-state index contributed by atoms with van der Waals surface area (Å²) in [5, 5.41) is 26.0. The van der Waals surface area contributed by atoms with Gasteiger partial charge in [0.15, 0.2) is 0 Å². The number of anilines is 1. The van der Waals surface area contributed by atoms with Gasteiger partial charge in [-0.1, -0.05) is 53.0 Å². The number of nitrogens with zero attached hydrogens (tertiary/aromatic N) is 6. The van der Waals surface area contributed by atoms with Crippen molar-refractivity contribution in [3.8, 4) is 0 Å². The number of pyridine rings is 4. The van der Waals surface area contributed by atoms with Crippen LogP contribution in [0.4, 0.5) is 17.1 Å². The molecule has 8 rings (SSSR count). The van der Waals surface area contributed by atoms with Crippen LogP contribution >= 0.6 is 23.2 Å². The highest BCUT2D eigenvalue weighted by Gasteiger charge is 2.17. The smallest absolute Gasteiger partial charge is 0.281 e. The minimum atomic E-state index is -0.396. The van der Waals surface area contributed by atoms with Gasteiger partial charge in [-0.25, -0.2) is 9.97 Å². The summed E-state index contributed by atoms with van der Waals surface area (Å²) in [4.78, 5) is 37.9. The van der Waals surface area contributed by atoms with E-state index in [9.17, 15) is 20.2 Å². The zero-order valence-electron chi connectivity index (χ0n) is 31.0. The van der Waals surface area contributed by atoms with E-state index in [1.54, 1.807) is 56.3 Å². The molecule has 0 unspecified atom stereocenters. The molecule has 13 heteroatoms. The first-order valence-electron chi connectivity index (χ1n) is 17.0. The van der Waals surface area contributed by atoms with Crippen LogP contribution in [0.1, 0.15) is 33.6 Å². The van der Waals surface area contributed by atoms with Crippen LogP contribution in [0.3, 0.4) is 0 Å². The molecule has 11 nitrogen and oxygen atoms in total. The van der Waals surface area contributed by atoms with E-state index in [4.69, 9.17) is 28.9 Å². The Kier molecular flexibility index (Phi) is 12.5.